The zero-order valence-corrected chi connectivity index (χ0v) is 18.1. The van der Waals surface area contributed by atoms with E-state index in [1.54, 1.807) is 18.0 Å². The standard InChI is InChI=1S/C22H26F3N5O2/c1-16(31)27(2)18-11-26-30(13-18)20(32)29-10-8-21(15-29)7-9-28(14-21)12-17-5-3-4-6-19(17)22(23,24)25/h3-6,11,13H,7-10,12,14-15H2,1-2H3. The zero-order valence-electron chi connectivity index (χ0n) is 18.1. The fourth-order valence-corrected chi connectivity index (χ4v) is 4.69. The summed E-state index contributed by atoms with van der Waals surface area (Å²) in [5.74, 6) is -0.157. The highest BCUT2D eigenvalue weighted by Crippen LogP contribution is 2.41. The molecule has 10 heteroatoms. The number of carbonyl (C=O) groups is 2. The van der Waals surface area contributed by atoms with E-state index in [0.29, 0.717) is 31.9 Å². The maximum absolute atomic E-state index is 13.3. The number of likely N-dealkylation sites (tertiary alicyclic amines) is 2. The van der Waals surface area contributed by atoms with E-state index in [-0.39, 0.29) is 29.5 Å². The van der Waals surface area contributed by atoms with E-state index in [1.165, 1.54) is 41.0 Å². The van der Waals surface area contributed by atoms with E-state index in [1.807, 2.05) is 4.90 Å². The van der Waals surface area contributed by atoms with Gasteiger partial charge in [-0.1, -0.05) is 18.2 Å². The van der Waals surface area contributed by atoms with Gasteiger partial charge in [0.1, 0.15) is 0 Å². The lowest BCUT2D eigenvalue weighted by atomic mass is 9.86. The van der Waals surface area contributed by atoms with Crippen molar-refractivity contribution in [2.45, 2.75) is 32.5 Å². The fourth-order valence-electron chi connectivity index (χ4n) is 4.69. The highest BCUT2D eigenvalue weighted by atomic mass is 19.4. The number of alkyl halides is 3. The Morgan fingerprint density at radius 2 is 1.88 bits per heavy atom. The number of carbonyl (C=O) groups excluding carboxylic acids is 2. The van der Waals surface area contributed by atoms with Crippen molar-refractivity contribution in [1.29, 1.82) is 0 Å². The number of halogens is 3. The fraction of sp³-hybridized carbons (Fsp3) is 0.500. The highest BCUT2D eigenvalue weighted by Gasteiger charge is 2.45. The maximum atomic E-state index is 13.3. The van der Waals surface area contributed by atoms with Gasteiger partial charge in [-0.05, 0) is 31.0 Å². The number of anilines is 1. The predicted octanol–water partition coefficient (Wildman–Crippen LogP) is 3.45. The molecule has 2 saturated heterocycles. The van der Waals surface area contributed by atoms with Crippen LogP contribution in [0.3, 0.4) is 0 Å². The second-order valence-electron chi connectivity index (χ2n) is 8.79. The molecule has 3 heterocycles. The van der Waals surface area contributed by atoms with Crippen molar-refractivity contribution in [2.75, 3.05) is 38.1 Å². The molecule has 1 spiro atoms. The number of amides is 2. The van der Waals surface area contributed by atoms with Crippen molar-refractivity contribution in [3.05, 3.63) is 47.8 Å². The molecule has 7 nitrogen and oxygen atoms in total. The molecule has 1 unspecified atom stereocenters. The van der Waals surface area contributed by atoms with E-state index in [9.17, 15) is 22.8 Å². The third kappa shape index (κ3) is 4.36. The molecule has 0 saturated carbocycles. The SMILES string of the molecule is CC(=O)N(C)c1cnn(C(=O)N2CCC3(CCN(Cc4ccccc4C(F)(F)F)C3)C2)c1. The molecule has 1 atom stereocenters. The Balaban J connectivity index is 1.40. The van der Waals surface area contributed by atoms with Crippen molar-refractivity contribution in [3.8, 4) is 0 Å². The molecule has 0 N–H and O–H groups in total. The third-order valence-electron chi connectivity index (χ3n) is 6.57. The van der Waals surface area contributed by atoms with Crippen molar-refractivity contribution in [3.63, 3.8) is 0 Å². The number of hydrogen-bond donors (Lipinski definition) is 0. The average molecular weight is 449 g/mol. The molecule has 0 aliphatic carbocycles. The molecule has 2 amide bonds. The van der Waals surface area contributed by atoms with Crippen molar-refractivity contribution < 1.29 is 22.8 Å². The molecule has 172 valence electrons. The average Bonchev–Trinajstić information content (AvgIpc) is 3.47. The van der Waals surface area contributed by atoms with Gasteiger partial charge in [0.15, 0.2) is 0 Å². The lowest BCUT2D eigenvalue weighted by Crippen LogP contribution is -2.36. The van der Waals surface area contributed by atoms with Crippen LogP contribution in [0.5, 0.6) is 0 Å². The highest BCUT2D eigenvalue weighted by molar-refractivity contribution is 5.91. The van der Waals surface area contributed by atoms with Crippen molar-refractivity contribution in [1.82, 2.24) is 19.6 Å². The molecule has 4 rings (SSSR count). The van der Waals surface area contributed by atoms with Crippen LogP contribution in [0.25, 0.3) is 0 Å². The topological polar surface area (TPSA) is 61.7 Å². The molecule has 1 aromatic heterocycles. The summed E-state index contributed by atoms with van der Waals surface area (Å²) in [4.78, 5) is 29.6. The van der Waals surface area contributed by atoms with Crippen molar-refractivity contribution >= 4 is 17.6 Å². The molecule has 32 heavy (non-hydrogen) atoms. The monoisotopic (exact) mass is 449 g/mol. The summed E-state index contributed by atoms with van der Waals surface area (Å²) in [5.41, 5.74) is 0.112. The Bertz CT molecular complexity index is 1020. The normalized spacial score (nSPS) is 21.5. The van der Waals surface area contributed by atoms with Gasteiger partial charge < -0.3 is 9.80 Å². The summed E-state index contributed by atoms with van der Waals surface area (Å²) in [6, 6.07) is 5.44. The lowest BCUT2D eigenvalue weighted by molar-refractivity contribution is -0.138. The Kier molecular flexibility index (Phi) is 5.74. The quantitative estimate of drug-likeness (QED) is 0.720. The molecule has 2 aliphatic heterocycles. The van der Waals surface area contributed by atoms with Gasteiger partial charge >= 0.3 is 12.2 Å². The molecule has 2 fully saturated rings. The van der Waals surface area contributed by atoms with Crippen LogP contribution in [0.2, 0.25) is 0 Å². The first-order valence-corrected chi connectivity index (χ1v) is 10.5. The number of nitrogens with zero attached hydrogens (tertiary/aromatic N) is 5. The van der Waals surface area contributed by atoms with Gasteiger partial charge in [0.25, 0.3) is 0 Å². The number of rotatable bonds is 3. The summed E-state index contributed by atoms with van der Waals surface area (Å²) in [5, 5.41) is 4.10. The van der Waals surface area contributed by atoms with Crippen LogP contribution in [-0.2, 0) is 17.5 Å². The van der Waals surface area contributed by atoms with Crippen LogP contribution in [0.15, 0.2) is 36.7 Å². The lowest BCUT2D eigenvalue weighted by Gasteiger charge is -2.25. The largest absolute Gasteiger partial charge is 0.416 e. The first kappa shape index (κ1) is 22.3. The number of benzene rings is 1. The second kappa shape index (κ2) is 8.23. The molecule has 2 aliphatic rings. The van der Waals surface area contributed by atoms with Gasteiger partial charge in [-0.15, -0.1) is 0 Å². The number of hydrogen-bond acceptors (Lipinski definition) is 4. The first-order chi connectivity index (χ1) is 15.1. The van der Waals surface area contributed by atoms with Gasteiger partial charge in [0, 0.05) is 45.6 Å². The Morgan fingerprint density at radius 1 is 1.16 bits per heavy atom. The summed E-state index contributed by atoms with van der Waals surface area (Å²) >= 11 is 0. The zero-order chi connectivity index (χ0) is 23.1. The van der Waals surface area contributed by atoms with E-state index >= 15 is 0 Å². The van der Waals surface area contributed by atoms with Crippen LogP contribution in [0.4, 0.5) is 23.7 Å². The van der Waals surface area contributed by atoms with E-state index in [4.69, 9.17) is 0 Å². The van der Waals surface area contributed by atoms with Gasteiger partial charge in [0.05, 0.1) is 23.6 Å². The number of aromatic nitrogens is 2. The Labute approximate surface area is 184 Å². The van der Waals surface area contributed by atoms with Gasteiger partial charge in [-0.25, -0.2) is 4.79 Å². The molecular formula is C22H26F3N5O2. The molecular weight excluding hydrogens is 423 g/mol. The maximum Gasteiger partial charge on any atom is 0.416 e. The first-order valence-electron chi connectivity index (χ1n) is 10.5. The van der Waals surface area contributed by atoms with Crippen LogP contribution in [0.1, 0.15) is 30.9 Å². The summed E-state index contributed by atoms with van der Waals surface area (Å²) in [6.07, 6.45) is 0.272. The molecule has 0 bridgehead atoms. The summed E-state index contributed by atoms with van der Waals surface area (Å²) in [6.45, 7) is 4.14. The van der Waals surface area contributed by atoms with Gasteiger partial charge in [-0.3, -0.25) is 9.69 Å². The van der Waals surface area contributed by atoms with Crippen molar-refractivity contribution in [2.24, 2.45) is 5.41 Å². The minimum Gasteiger partial charge on any atom is -0.322 e. The van der Waals surface area contributed by atoms with E-state index in [0.717, 1.165) is 18.9 Å². The smallest absolute Gasteiger partial charge is 0.322 e. The minimum absolute atomic E-state index is 0.116. The minimum atomic E-state index is -4.37. The van der Waals surface area contributed by atoms with E-state index in [2.05, 4.69) is 5.10 Å². The van der Waals surface area contributed by atoms with Crippen LogP contribution in [0, 0.1) is 5.41 Å². The van der Waals surface area contributed by atoms with E-state index < -0.39 is 11.7 Å². The van der Waals surface area contributed by atoms with Gasteiger partial charge in [0.2, 0.25) is 5.91 Å². The summed E-state index contributed by atoms with van der Waals surface area (Å²) < 4.78 is 41.2. The van der Waals surface area contributed by atoms with Crippen LogP contribution >= 0.6 is 0 Å². The molecule has 0 radical (unpaired) electrons. The van der Waals surface area contributed by atoms with Crippen LogP contribution < -0.4 is 4.90 Å². The molecule has 1 aromatic carbocycles. The van der Waals surface area contributed by atoms with Crippen LogP contribution in [-0.4, -0.2) is 64.7 Å². The second-order valence-corrected chi connectivity index (χ2v) is 8.79. The third-order valence-corrected chi connectivity index (χ3v) is 6.57. The Morgan fingerprint density at radius 3 is 2.59 bits per heavy atom. The Hall–Kier alpha value is -2.88. The summed E-state index contributed by atoms with van der Waals surface area (Å²) in [7, 11) is 1.61. The van der Waals surface area contributed by atoms with Gasteiger partial charge in [-0.2, -0.15) is 23.0 Å². The predicted molar refractivity (Wildman–Crippen MR) is 112 cm³/mol. The molecule has 2 aromatic rings.